The highest BCUT2D eigenvalue weighted by atomic mass is 35.5. The quantitative estimate of drug-likeness (QED) is 0.851. The molecule has 0 saturated carbocycles. The van der Waals surface area contributed by atoms with Crippen molar-refractivity contribution in [3.05, 3.63) is 58.6 Å². The van der Waals surface area contributed by atoms with Crippen LogP contribution < -0.4 is 10.1 Å². The van der Waals surface area contributed by atoms with Gasteiger partial charge < -0.3 is 10.1 Å². The summed E-state index contributed by atoms with van der Waals surface area (Å²) < 4.78 is 5.83. The zero-order valence-corrected chi connectivity index (χ0v) is 12.9. The molecule has 0 saturated heterocycles. The first-order chi connectivity index (χ1) is 9.52. The lowest BCUT2D eigenvalue weighted by atomic mass is 10.1. The van der Waals surface area contributed by atoms with Gasteiger partial charge in [-0.05, 0) is 68.3 Å². The molecule has 0 aliphatic carbocycles. The molecule has 1 unspecified atom stereocenters. The van der Waals surface area contributed by atoms with Crippen LogP contribution in [-0.4, -0.2) is 12.6 Å². The molecule has 0 heterocycles. The summed E-state index contributed by atoms with van der Waals surface area (Å²) in [5, 5.41) is 4.13. The summed E-state index contributed by atoms with van der Waals surface area (Å²) in [6, 6.07) is 13.9. The van der Waals surface area contributed by atoms with E-state index in [1.54, 1.807) is 0 Å². The van der Waals surface area contributed by atoms with E-state index < -0.39 is 0 Å². The second-order valence-corrected chi connectivity index (χ2v) is 5.58. The van der Waals surface area contributed by atoms with Crippen LogP contribution in [0.2, 0.25) is 5.02 Å². The number of ether oxygens (including phenoxy) is 1. The summed E-state index contributed by atoms with van der Waals surface area (Å²) in [7, 11) is 0. The Balaban J connectivity index is 1.88. The van der Waals surface area contributed by atoms with Crippen LogP contribution in [0.25, 0.3) is 0 Å². The number of nitrogens with one attached hydrogen (secondary N) is 1. The Kier molecular flexibility index (Phi) is 4.91. The molecule has 1 atom stereocenters. The van der Waals surface area contributed by atoms with Gasteiger partial charge in [0.25, 0.3) is 0 Å². The van der Waals surface area contributed by atoms with Gasteiger partial charge in [-0.15, -0.1) is 0 Å². The van der Waals surface area contributed by atoms with Crippen molar-refractivity contribution >= 4 is 17.3 Å². The van der Waals surface area contributed by atoms with Crippen LogP contribution in [-0.2, 0) is 0 Å². The molecule has 0 aliphatic heterocycles. The normalized spacial score (nSPS) is 12.0. The number of benzene rings is 2. The third-order valence-electron chi connectivity index (χ3n) is 2.97. The van der Waals surface area contributed by atoms with E-state index in [9.17, 15) is 0 Å². The molecule has 0 fully saturated rings. The third-order valence-corrected chi connectivity index (χ3v) is 3.22. The third kappa shape index (κ3) is 4.46. The zero-order valence-electron chi connectivity index (χ0n) is 12.1. The lowest BCUT2D eigenvalue weighted by Crippen LogP contribution is -2.22. The highest BCUT2D eigenvalue weighted by molar-refractivity contribution is 6.30. The van der Waals surface area contributed by atoms with Gasteiger partial charge in [0.15, 0.2) is 0 Å². The van der Waals surface area contributed by atoms with Gasteiger partial charge in [0.1, 0.15) is 11.9 Å². The number of aryl methyl sites for hydroxylation is 2. The first-order valence-corrected chi connectivity index (χ1v) is 7.15. The Morgan fingerprint density at radius 2 is 1.65 bits per heavy atom. The monoisotopic (exact) mass is 289 g/mol. The van der Waals surface area contributed by atoms with Gasteiger partial charge in [0, 0.05) is 10.7 Å². The maximum Gasteiger partial charge on any atom is 0.119 e. The van der Waals surface area contributed by atoms with E-state index in [1.807, 2.05) is 31.2 Å². The van der Waals surface area contributed by atoms with Crippen LogP contribution in [0, 0.1) is 13.8 Å². The van der Waals surface area contributed by atoms with Crippen molar-refractivity contribution in [2.75, 3.05) is 11.9 Å². The van der Waals surface area contributed by atoms with Crippen molar-refractivity contribution in [2.24, 2.45) is 0 Å². The Hall–Kier alpha value is -1.67. The van der Waals surface area contributed by atoms with E-state index in [-0.39, 0.29) is 6.10 Å². The molecule has 2 rings (SSSR count). The maximum atomic E-state index is 5.85. The molecule has 1 N–H and O–H groups in total. The Morgan fingerprint density at radius 3 is 2.25 bits per heavy atom. The fourth-order valence-electron chi connectivity index (χ4n) is 2.13. The minimum Gasteiger partial charge on any atom is -0.489 e. The fourth-order valence-corrected chi connectivity index (χ4v) is 2.25. The first kappa shape index (κ1) is 14.7. The molecular formula is C17H20ClNO. The van der Waals surface area contributed by atoms with Crippen LogP contribution in [0.1, 0.15) is 18.1 Å². The summed E-state index contributed by atoms with van der Waals surface area (Å²) in [6.45, 7) is 7.01. The first-order valence-electron chi connectivity index (χ1n) is 6.77. The van der Waals surface area contributed by atoms with Crippen molar-refractivity contribution in [3.63, 3.8) is 0 Å². The molecule has 0 aliphatic rings. The molecule has 2 aromatic rings. The second kappa shape index (κ2) is 6.67. The van der Waals surface area contributed by atoms with E-state index in [2.05, 4.69) is 37.4 Å². The Morgan fingerprint density at radius 1 is 1.05 bits per heavy atom. The molecule has 106 valence electrons. The highest BCUT2D eigenvalue weighted by Crippen LogP contribution is 2.17. The predicted octanol–water partition coefficient (Wildman–Crippen LogP) is 4.84. The van der Waals surface area contributed by atoms with Gasteiger partial charge in [-0.1, -0.05) is 17.7 Å². The lowest BCUT2D eigenvalue weighted by molar-refractivity contribution is 0.235. The van der Waals surface area contributed by atoms with Crippen LogP contribution in [0.4, 0.5) is 5.69 Å². The van der Waals surface area contributed by atoms with Gasteiger partial charge in [-0.2, -0.15) is 0 Å². The van der Waals surface area contributed by atoms with Crippen LogP contribution in [0.3, 0.4) is 0 Å². The zero-order chi connectivity index (χ0) is 14.5. The number of rotatable bonds is 5. The topological polar surface area (TPSA) is 21.3 Å². The van der Waals surface area contributed by atoms with Crippen LogP contribution in [0.15, 0.2) is 42.5 Å². The molecule has 20 heavy (non-hydrogen) atoms. The molecule has 0 spiro atoms. The summed E-state index contributed by atoms with van der Waals surface area (Å²) in [4.78, 5) is 0. The minimum atomic E-state index is 0.0805. The number of anilines is 1. The standard InChI is InChI=1S/C17H20ClNO/c1-12-8-13(2)10-16(9-12)19-11-14(3)20-17-6-4-15(18)5-7-17/h4-10,14,19H,11H2,1-3H3. The molecule has 2 aromatic carbocycles. The average molecular weight is 290 g/mol. The second-order valence-electron chi connectivity index (χ2n) is 5.14. The Labute approximate surface area is 125 Å². The summed E-state index contributed by atoms with van der Waals surface area (Å²) in [5.74, 6) is 0.837. The molecule has 0 radical (unpaired) electrons. The molecule has 0 bridgehead atoms. The van der Waals surface area contributed by atoms with E-state index in [0.717, 1.165) is 23.0 Å². The summed E-state index contributed by atoms with van der Waals surface area (Å²) >= 11 is 5.85. The Bertz CT molecular complexity index is 545. The van der Waals surface area contributed by atoms with Crippen molar-refractivity contribution in [1.82, 2.24) is 0 Å². The minimum absolute atomic E-state index is 0.0805. The molecule has 2 nitrogen and oxygen atoms in total. The average Bonchev–Trinajstić information content (AvgIpc) is 2.38. The lowest BCUT2D eigenvalue weighted by Gasteiger charge is -2.16. The molecular weight excluding hydrogens is 270 g/mol. The van der Waals surface area contributed by atoms with E-state index in [1.165, 1.54) is 11.1 Å². The van der Waals surface area contributed by atoms with Crippen LogP contribution >= 0.6 is 11.6 Å². The SMILES string of the molecule is Cc1cc(C)cc(NCC(C)Oc2ccc(Cl)cc2)c1. The number of hydrogen-bond acceptors (Lipinski definition) is 2. The number of hydrogen-bond donors (Lipinski definition) is 1. The predicted molar refractivity (Wildman–Crippen MR) is 85.9 cm³/mol. The van der Waals surface area contributed by atoms with Gasteiger partial charge in [0.05, 0.1) is 6.54 Å². The molecule has 0 aromatic heterocycles. The molecule has 3 heteroatoms. The van der Waals surface area contributed by atoms with Crippen LogP contribution in [0.5, 0.6) is 5.75 Å². The van der Waals surface area contributed by atoms with Gasteiger partial charge in [0.2, 0.25) is 0 Å². The smallest absolute Gasteiger partial charge is 0.119 e. The maximum absolute atomic E-state index is 5.85. The van der Waals surface area contributed by atoms with Crippen molar-refractivity contribution < 1.29 is 4.74 Å². The number of halogens is 1. The van der Waals surface area contributed by atoms with E-state index in [4.69, 9.17) is 16.3 Å². The molecule has 0 amide bonds. The van der Waals surface area contributed by atoms with Gasteiger partial charge >= 0.3 is 0 Å². The van der Waals surface area contributed by atoms with Crippen molar-refractivity contribution in [2.45, 2.75) is 26.9 Å². The van der Waals surface area contributed by atoms with E-state index in [0.29, 0.717) is 0 Å². The van der Waals surface area contributed by atoms with Crippen molar-refractivity contribution in [3.8, 4) is 5.75 Å². The fraction of sp³-hybridized carbons (Fsp3) is 0.294. The van der Waals surface area contributed by atoms with Gasteiger partial charge in [-0.3, -0.25) is 0 Å². The van der Waals surface area contributed by atoms with Crippen molar-refractivity contribution in [1.29, 1.82) is 0 Å². The largest absolute Gasteiger partial charge is 0.489 e. The highest BCUT2D eigenvalue weighted by Gasteiger charge is 2.04. The van der Waals surface area contributed by atoms with Gasteiger partial charge in [-0.25, -0.2) is 0 Å². The summed E-state index contributed by atoms with van der Waals surface area (Å²) in [6.07, 6.45) is 0.0805. The summed E-state index contributed by atoms with van der Waals surface area (Å²) in [5.41, 5.74) is 3.66. The van der Waals surface area contributed by atoms with E-state index >= 15 is 0 Å².